The Balaban J connectivity index is 1.86. The van der Waals surface area contributed by atoms with Crippen LogP contribution in [0.1, 0.15) is 28.1 Å². The van der Waals surface area contributed by atoms with E-state index in [0.717, 1.165) is 22.8 Å². The molecule has 0 atom stereocenters. The molecule has 0 unspecified atom stereocenters. The third-order valence-corrected chi connectivity index (χ3v) is 4.96. The molecule has 2 aromatic carbocycles. The number of halogens is 2. The van der Waals surface area contributed by atoms with Gasteiger partial charge in [0.2, 0.25) is 5.82 Å². The summed E-state index contributed by atoms with van der Waals surface area (Å²) in [5.41, 5.74) is 4.45. The molecule has 0 radical (unpaired) electrons. The normalized spacial score (nSPS) is 11.6. The van der Waals surface area contributed by atoms with Crippen molar-refractivity contribution in [2.24, 2.45) is 0 Å². The quantitative estimate of drug-likeness (QED) is 0.424. The molecule has 0 fully saturated rings. The molecule has 0 saturated carbocycles. The lowest BCUT2D eigenvalue weighted by molar-refractivity contribution is 0.409. The Hall–Kier alpha value is -3.87. The van der Waals surface area contributed by atoms with Gasteiger partial charge in [-0.25, -0.2) is 13.8 Å². The second kappa shape index (κ2) is 8.47. The van der Waals surface area contributed by atoms with Gasteiger partial charge in [0, 0.05) is 24.9 Å². The van der Waals surface area contributed by atoms with Crippen LogP contribution < -0.4 is 5.32 Å². The van der Waals surface area contributed by atoms with Crippen LogP contribution in [0.25, 0.3) is 23.0 Å². The molecular formula is C24H20F2N4O. The minimum Gasteiger partial charge on any atom is -0.373 e. The fraction of sp³-hybridized carbons (Fsp3) is 0.125. The SMILES string of the molecule is CNc1ncccc1-c1noc(/C(=C\c2ccc(C)c(C)c2)c2cc(F)cc(F)c2)n1. The van der Waals surface area contributed by atoms with Gasteiger partial charge in [-0.05, 0) is 66.4 Å². The lowest BCUT2D eigenvalue weighted by Gasteiger charge is -2.07. The average Bonchev–Trinajstić information content (AvgIpc) is 3.23. The predicted octanol–water partition coefficient (Wildman–Crippen LogP) is 5.66. The van der Waals surface area contributed by atoms with Gasteiger partial charge in [0.1, 0.15) is 17.5 Å². The molecule has 0 bridgehead atoms. The molecule has 2 aromatic heterocycles. The number of rotatable bonds is 5. The first kappa shape index (κ1) is 20.4. The number of anilines is 1. The molecule has 2 heterocycles. The van der Waals surface area contributed by atoms with Crippen molar-refractivity contribution in [3.63, 3.8) is 0 Å². The number of pyridine rings is 1. The third kappa shape index (κ3) is 4.35. The minimum absolute atomic E-state index is 0.143. The van der Waals surface area contributed by atoms with Crippen molar-refractivity contribution in [2.45, 2.75) is 13.8 Å². The van der Waals surface area contributed by atoms with E-state index in [2.05, 4.69) is 20.4 Å². The molecule has 156 valence electrons. The molecular weight excluding hydrogens is 398 g/mol. The highest BCUT2D eigenvalue weighted by Crippen LogP contribution is 2.30. The van der Waals surface area contributed by atoms with E-state index in [1.54, 1.807) is 25.4 Å². The topological polar surface area (TPSA) is 63.8 Å². The molecule has 0 aliphatic rings. The van der Waals surface area contributed by atoms with Crippen molar-refractivity contribution in [3.8, 4) is 11.4 Å². The fourth-order valence-electron chi connectivity index (χ4n) is 3.23. The largest absolute Gasteiger partial charge is 0.373 e. The standard InChI is InChI=1S/C24H20F2N4O/c1-14-6-7-16(9-15(14)2)10-21(17-11-18(25)13-19(26)12-17)24-29-23(30-31-24)20-5-4-8-28-22(20)27-3/h4-13H,1-3H3,(H,27,28)/b21-10-. The number of nitrogens with one attached hydrogen (secondary N) is 1. The Morgan fingerprint density at radius 2 is 1.77 bits per heavy atom. The van der Waals surface area contributed by atoms with Gasteiger partial charge in [0.05, 0.1) is 5.56 Å². The van der Waals surface area contributed by atoms with Crippen LogP contribution in [0.4, 0.5) is 14.6 Å². The summed E-state index contributed by atoms with van der Waals surface area (Å²) in [6.07, 6.45) is 3.43. The first-order valence-corrected chi connectivity index (χ1v) is 9.67. The van der Waals surface area contributed by atoms with Crippen molar-refractivity contribution in [2.75, 3.05) is 12.4 Å². The Morgan fingerprint density at radius 3 is 2.48 bits per heavy atom. The third-order valence-electron chi connectivity index (χ3n) is 4.96. The van der Waals surface area contributed by atoms with Crippen molar-refractivity contribution in [1.29, 1.82) is 0 Å². The minimum atomic E-state index is -0.689. The zero-order chi connectivity index (χ0) is 22.0. The van der Waals surface area contributed by atoms with Crippen LogP contribution in [0.15, 0.2) is 59.3 Å². The van der Waals surface area contributed by atoms with Gasteiger partial charge >= 0.3 is 0 Å². The molecule has 7 heteroatoms. The molecule has 31 heavy (non-hydrogen) atoms. The maximum absolute atomic E-state index is 14.0. The second-order valence-corrected chi connectivity index (χ2v) is 7.13. The number of hydrogen-bond donors (Lipinski definition) is 1. The highest BCUT2D eigenvalue weighted by Gasteiger charge is 2.18. The van der Waals surface area contributed by atoms with Gasteiger partial charge in [-0.2, -0.15) is 4.98 Å². The number of nitrogens with zero attached hydrogens (tertiary/aromatic N) is 3. The van der Waals surface area contributed by atoms with E-state index in [1.807, 2.05) is 38.1 Å². The summed E-state index contributed by atoms with van der Waals surface area (Å²) in [5, 5.41) is 7.05. The van der Waals surface area contributed by atoms with Crippen LogP contribution in [0.2, 0.25) is 0 Å². The van der Waals surface area contributed by atoms with Crippen LogP contribution in [-0.2, 0) is 0 Å². The smallest absolute Gasteiger partial charge is 0.258 e. The molecule has 0 aliphatic carbocycles. The summed E-state index contributed by atoms with van der Waals surface area (Å²) in [5.74, 6) is -0.332. The second-order valence-electron chi connectivity index (χ2n) is 7.13. The van der Waals surface area contributed by atoms with Crippen molar-refractivity contribution < 1.29 is 13.3 Å². The molecule has 0 amide bonds. The average molecular weight is 418 g/mol. The highest BCUT2D eigenvalue weighted by molar-refractivity contribution is 5.89. The lowest BCUT2D eigenvalue weighted by Crippen LogP contribution is -1.96. The maximum atomic E-state index is 14.0. The monoisotopic (exact) mass is 418 g/mol. The van der Waals surface area contributed by atoms with E-state index in [1.165, 1.54) is 12.1 Å². The summed E-state index contributed by atoms with van der Waals surface area (Å²) < 4.78 is 33.5. The van der Waals surface area contributed by atoms with Crippen molar-refractivity contribution >= 4 is 17.5 Å². The van der Waals surface area contributed by atoms with Crippen LogP contribution in [-0.4, -0.2) is 22.2 Å². The fourth-order valence-corrected chi connectivity index (χ4v) is 3.23. The maximum Gasteiger partial charge on any atom is 0.258 e. The lowest BCUT2D eigenvalue weighted by atomic mass is 10.00. The van der Waals surface area contributed by atoms with Crippen LogP contribution >= 0.6 is 0 Å². The molecule has 1 N–H and O–H groups in total. The highest BCUT2D eigenvalue weighted by atomic mass is 19.1. The van der Waals surface area contributed by atoms with E-state index in [9.17, 15) is 8.78 Å². The Kier molecular flexibility index (Phi) is 5.58. The summed E-state index contributed by atoms with van der Waals surface area (Å²) in [4.78, 5) is 8.74. The number of aromatic nitrogens is 3. The molecule has 0 saturated heterocycles. The van der Waals surface area contributed by atoms with Crippen LogP contribution in [0.3, 0.4) is 0 Å². The van der Waals surface area contributed by atoms with E-state index >= 15 is 0 Å². The Labute approximate surface area is 178 Å². The predicted molar refractivity (Wildman–Crippen MR) is 116 cm³/mol. The summed E-state index contributed by atoms with van der Waals surface area (Å²) in [6.45, 7) is 4.02. The molecule has 0 aliphatic heterocycles. The first-order chi connectivity index (χ1) is 14.9. The van der Waals surface area contributed by atoms with E-state index in [4.69, 9.17) is 4.52 Å². The van der Waals surface area contributed by atoms with Gasteiger partial charge in [-0.3, -0.25) is 0 Å². The molecule has 4 rings (SSSR count). The van der Waals surface area contributed by atoms with Gasteiger partial charge in [0.25, 0.3) is 5.89 Å². The van der Waals surface area contributed by atoms with E-state index in [-0.39, 0.29) is 5.89 Å². The number of hydrogen-bond acceptors (Lipinski definition) is 5. The van der Waals surface area contributed by atoms with Gasteiger partial charge in [-0.15, -0.1) is 0 Å². The summed E-state index contributed by atoms with van der Waals surface area (Å²) in [6, 6.07) is 12.8. The molecule has 5 nitrogen and oxygen atoms in total. The zero-order valence-electron chi connectivity index (χ0n) is 17.3. The van der Waals surface area contributed by atoms with Crippen molar-refractivity contribution in [3.05, 3.63) is 94.5 Å². The van der Waals surface area contributed by atoms with Gasteiger partial charge in [-0.1, -0.05) is 23.4 Å². The van der Waals surface area contributed by atoms with Gasteiger partial charge in [0.15, 0.2) is 0 Å². The van der Waals surface area contributed by atoms with Crippen molar-refractivity contribution in [1.82, 2.24) is 15.1 Å². The summed E-state index contributed by atoms with van der Waals surface area (Å²) >= 11 is 0. The first-order valence-electron chi connectivity index (χ1n) is 9.67. The van der Waals surface area contributed by atoms with Crippen LogP contribution in [0.5, 0.6) is 0 Å². The Morgan fingerprint density at radius 1 is 1.00 bits per heavy atom. The molecule has 0 spiro atoms. The molecule has 4 aromatic rings. The number of aryl methyl sites for hydroxylation is 2. The summed E-state index contributed by atoms with van der Waals surface area (Å²) in [7, 11) is 1.74. The van der Waals surface area contributed by atoms with Gasteiger partial charge < -0.3 is 9.84 Å². The van der Waals surface area contributed by atoms with E-state index < -0.39 is 11.6 Å². The Bertz CT molecular complexity index is 1260. The van der Waals surface area contributed by atoms with E-state index in [0.29, 0.717) is 28.3 Å². The zero-order valence-corrected chi connectivity index (χ0v) is 17.3. The number of benzene rings is 2. The van der Waals surface area contributed by atoms with Crippen LogP contribution in [0, 0.1) is 25.5 Å².